The summed E-state index contributed by atoms with van der Waals surface area (Å²) >= 11 is 8.98. The van der Waals surface area contributed by atoms with E-state index in [2.05, 4.69) is 35.2 Å². The normalized spacial score (nSPS) is 18.9. The molecule has 0 aromatic heterocycles. The molecule has 1 aliphatic heterocycles. The van der Waals surface area contributed by atoms with Crippen LogP contribution in [-0.2, 0) is 0 Å². The maximum absolute atomic E-state index is 8.60. The van der Waals surface area contributed by atoms with Gasteiger partial charge in [0.1, 0.15) is 4.32 Å². The van der Waals surface area contributed by atoms with Crippen molar-refractivity contribution in [3.63, 3.8) is 0 Å². The summed E-state index contributed by atoms with van der Waals surface area (Å²) in [6, 6.07) is 12.6. The zero-order valence-electron chi connectivity index (χ0n) is 9.91. The molecule has 1 saturated heterocycles. The molecule has 0 spiro atoms. The van der Waals surface area contributed by atoms with Crippen molar-refractivity contribution in [2.24, 2.45) is 0 Å². The number of rotatable bonds is 5. The first-order valence-corrected chi connectivity index (χ1v) is 8.07. The van der Waals surface area contributed by atoms with Crippen molar-refractivity contribution < 1.29 is 0 Å². The van der Waals surface area contributed by atoms with Crippen LogP contribution in [0, 0.1) is 11.3 Å². The van der Waals surface area contributed by atoms with Crippen LogP contribution in [0.4, 0.5) is 0 Å². The van der Waals surface area contributed by atoms with E-state index in [0.29, 0.717) is 11.7 Å². The van der Waals surface area contributed by atoms with Crippen LogP contribution >= 0.6 is 35.7 Å². The van der Waals surface area contributed by atoms with Crippen LogP contribution in [0.25, 0.3) is 0 Å². The molecular weight excluding hydrogens is 280 g/mol. The average Bonchev–Trinajstić information content (AvgIpc) is 2.76. The SMILES string of the molecule is N#CCCN1CC(CSc2ccccc2)SC1=S. The molecule has 1 atom stereocenters. The van der Waals surface area contributed by atoms with Gasteiger partial charge in [-0.3, -0.25) is 0 Å². The number of thioether (sulfide) groups is 2. The molecule has 0 bridgehead atoms. The predicted octanol–water partition coefficient (Wildman–Crippen LogP) is 3.39. The highest BCUT2D eigenvalue weighted by atomic mass is 32.2. The largest absolute Gasteiger partial charge is 0.355 e. The van der Waals surface area contributed by atoms with Gasteiger partial charge in [-0.15, -0.1) is 11.8 Å². The summed E-state index contributed by atoms with van der Waals surface area (Å²) < 4.78 is 0.948. The summed E-state index contributed by atoms with van der Waals surface area (Å²) in [7, 11) is 0. The van der Waals surface area contributed by atoms with Gasteiger partial charge in [0, 0.05) is 29.0 Å². The summed E-state index contributed by atoms with van der Waals surface area (Å²) in [5.74, 6) is 1.07. The lowest BCUT2D eigenvalue weighted by Crippen LogP contribution is -2.26. The van der Waals surface area contributed by atoms with Gasteiger partial charge in [0.15, 0.2) is 0 Å². The van der Waals surface area contributed by atoms with Gasteiger partial charge in [-0.1, -0.05) is 42.2 Å². The highest BCUT2D eigenvalue weighted by Crippen LogP contribution is 2.30. The molecule has 1 aliphatic rings. The van der Waals surface area contributed by atoms with Gasteiger partial charge in [0.25, 0.3) is 0 Å². The molecule has 1 fully saturated rings. The minimum atomic E-state index is 0.543. The van der Waals surface area contributed by atoms with Gasteiger partial charge in [-0.2, -0.15) is 5.26 Å². The second kappa shape index (κ2) is 7.03. The second-order valence-corrected chi connectivity index (χ2v) is 7.01. The van der Waals surface area contributed by atoms with Gasteiger partial charge >= 0.3 is 0 Å². The number of benzene rings is 1. The van der Waals surface area contributed by atoms with E-state index >= 15 is 0 Å². The number of hydrogen-bond acceptors (Lipinski definition) is 4. The van der Waals surface area contributed by atoms with E-state index in [1.54, 1.807) is 11.8 Å². The first kappa shape index (κ1) is 13.7. The van der Waals surface area contributed by atoms with Gasteiger partial charge in [0.2, 0.25) is 0 Å². The van der Waals surface area contributed by atoms with Crippen LogP contribution in [0.15, 0.2) is 35.2 Å². The van der Waals surface area contributed by atoms with Crippen LogP contribution in [0.1, 0.15) is 6.42 Å². The number of nitriles is 1. The smallest absolute Gasteiger partial charge is 0.136 e. The van der Waals surface area contributed by atoms with E-state index in [-0.39, 0.29) is 0 Å². The topological polar surface area (TPSA) is 27.0 Å². The maximum atomic E-state index is 8.60. The van der Waals surface area contributed by atoms with E-state index in [1.807, 2.05) is 17.8 Å². The van der Waals surface area contributed by atoms with Crippen LogP contribution < -0.4 is 0 Å². The third kappa shape index (κ3) is 3.91. The van der Waals surface area contributed by atoms with Gasteiger partial charge in [-0.25, -0.2) is 0 Å². The minimum Gasteiger partial charge on any atom is -0.355 e. The molecule has 5 heteroatoms. The summed E-state index contributed by atoms with van der Waals surface area (Å²) in [5.41, 5.74) is 0. The maximum Gasteiger partial charge on any atom is 0.136 e. The van der Waals surface area contributed by atoms with E-state index in [9.17, 15) is 0 Å². The molecule has 1 unspecified atom stereocenters. The Bertz CT molecular complexity index is 441. The molecule has 0 N–H and O–H groups in total. The van der Waals surface area contributed by atoms with E-state index in [4.69, 9.17) is 17.5 Å². The third-order valence-corrected chi connectivity index (χ3v) is 5.66. The Hall–Kier alpha value is -0.700. The molecule has 2 rings (SSSR count). The summed E-state index contributed by atoms with van der Waals surface area (Å²) in [6.07, 6.45) is 0.555. The molecule has 2 nitrogen and oxygen atoms in total. The van der Waals surface area contributed by atoms with Crippen LogP contribution in [-0.4, -0.2) is 33.3 Å². The molecule has 18 heavy (non-hydrogen) atoms. The molecular formula is C13H14N2S3. The highest BCUT2D eigenvalue weighted by molar-refractivity contribution is 8.24. The fraction of sp³-hybridized carbons (Fsp3) is 0.385. The van der Waals surface area contributed by atoms with Crippen molar-refractivity contribution in [3.05, 3.63) is 30.3 Å². The highest BCUT2D eigenvalue weighted by Gasteiger charge is 2.26. The molecule has 1 heterocycles. The lowest BCUT2D eigenvalue weighted by molar-refractivity contribution is 0.459. The van der Waals surface area contributed by atoms with Crippen molar-refractivity contribution in [3.8, 4) is 6.07 Å². The van der Waals surface area contributed by atoms with Crippen molar-refractivity contribution >= 4 is 40.1 Å². The molecule has 94 valence electrons. The lowest BCUT2D eigenvalue weighted by Gasteiger charge is -2.14. The fourth-order valence-electron chi connectivity index (χ4n) is 1.73. The summed E-state index contributed by atoms with van der Waals surface area (Å²) in [5, 5.41) is 9.14. The quantitative estimate of drug-likeness (QED) is 0.613. The van der Waals surface area contributed by atoms with Crippen molar-refractivity contribution in [2.75, 3.05) is 18.8 Å². The second-order valence-electron chi connectivity index (χ2n) is 3.98. The zero-order chi connectivity index (χ0) is 12.8. The zero-order valence-corrected chi connectivity index (χ0v) is 12.4. The Kier molecular flexibility index (Phi) is 5.36. The minimum absolute atomic E-state index is 0.543. The first-order valence-electron chi connectivity index (χ1n) is 5.80. The standard InChI is InChI=1S/C13H14N2S3/c14-7-4-8-15-9-12(18-13(15)16)10-17-11-5-2-1-3-6-11/h1-3,5-6,12H,4,8-10H2. The Morgan fingerprint density at radius 1 is 1.44 bits per heavy atom. The Morgan fingerprint density at radius 3 is 2.94 bits per heavy atom. The number of nitrogens with zero attached hydrogens (tertiary/aromatic N) is 2. The molecule has 1 aromatic carbocycles. The van der Waals surface area contributed by atoms with Crippen molar-refractivity contribution in [1.82, 2.24) is 4.90 Å². The van der Waals surface area contributed by atoms with Gasteiger partial charge < -0.3 is 4.90 Å². The lowest BCUT2D eigenvalue weighted by atomic mass is 10.4. The molecule has 0 aliphatic carbocycles. The van der Waals surface area contributed by atoms with Crippen LogP contribution in [0.2, 0.25) is 0 Å². The summed E-state index contributed by atoms with van der Waals surface area (Å²) in [4.78, 5) is 3.46. The van der Waals surface area contributed by atoms with E-state index < -0.39 is 0 Å². The van der Waals surface area contributed by atoms with Crippen molar-refractivity contribution in [1.29, 1.82) is 5.26 Å². The average molecular weight is 294 g/mol. The van der Waals surface area contributed by atoms with Crippen LogP contribution in [0.3, 0.4) is 0 Å². The Balaban J connectivity index is 1.79. The van der Waals surface area contributed by atoms with E-state index in [0.717, 1.165) is 23.2 Å². The summed E-state index contributed by atoms with van der Waals surface area (Å²) in [6.45, 7) is 1.75. The molecule has 0 saturated carbocycles. The van der Waals surface area contributed by atoms with Gasteiger partial charge in [-0.05, 0) is 12.1 Å². The van der Waals surface area contributed by atoms with Crippen LogP contribution in [0.5, 0.6) is 0 Å². The molecule has 0 radical (unpaired) electrons. The van der Waals surface area contributed by atoms with E-state index in [1.165, 1.54) is 4.90 Å². The molecule has 0 amide bonds. The monoisotopic (exact) mass is 294 g/mol. The Morgan fingerprint density at radius 2 is 2.22 bits per heavy atom. The molecule has 1 aromatic rings. The third-order valence-electron chi connectivity index (χ3n) is 2.62. The van der Waals surface area contributed by atoms with Crippen molar-refractivity contribution in [2.45, 2.75) is 16.6 Å². The fourth-order valence-corrected chi connectivity index (χ4v) is 4.47. The first-order chi connectivity index (χ1) is 8.79. The Labute approximate surface area is 122 Å². The van der Waals surface area contributed by atoms with Gasteiger partial charge in [0.05, 0.1) is 12.5 Å². The number of thiocarbonyl (C=S) groups is 1. The number of hydrogen-bond donors (Lipinski definition) is 0. The predicted molar refractivity (Wildman–Crippen MR) is 82.9 cm³/mol.